The molecule has 1 aromatic carbocycles. The van der Waals surface area contributed by atoms with Gasteiger partial charge in [0.1, 0.15) is 6.54 Å². The molecule has 2 heterocycles. The first kappa shape index (κ1) is 19.0. The monoisotopic (exact) mass is 404 g/mol. The van der Waals surface area contributed by atoms with Crippen molar-refractivity contribution < 1.29 is 23.9 Å². The van der Waals surface area contributed by atoms with Gasteiger partial charge in [-0.15, -0.1) is 11.3 Å². The smallest absolute Gasteiger partial charge is 0.337 e. The normalized spacial score (nSPS) is 11.6. The van der Waals surface area contributed by atoms with Crippen LogP contribution in [0.25, 0.3) is 10.2 Å². The van der Waals surface area contributed by atoms with Crippen LogP contribution in [0.5, 0.6) is 0 Å². The van der Waals surface area contributed by atoms with Gasteiger partial charge in [-0.1, -0.05) is 17.4 Å². The first-order chi connectivity index (χ1) is 13.0. The highest BCUT2D eigenvalue weighted by atomic mass is 32.1. The minimum absolute atomic E-state index is 0.0841. The summed E-state index contributed by atoms with van der Waals surface area (Å²) in [6.45, 7) is -0.0841. The third-order valence-corrected chi connectivity index (χ3v) is 5.66. The van der Waals surface area contributed by atoms with Crippen LogP contribution in [-0.2, 0) is 32.0 Å². The lowest BCUT2D eigenvalue weighted by Gasteiger charge is -2.04. The minimum Gasteiger partial charge on any atom is -0.468 e. The van der Waals surface area contributed by atoms with Crippen molar-refractivity contribution in [2.75, 3.05) is 14.2 Å². The van der Waals surface area contributed by atoms with Crippen molar-refractivity contribution >= 4 is 50.7 Å². The van der Waals surface area contributed by atoms with Gasteiger partial charge in [-0.05, 0) is 29.6 Å². The molecule has 3 aromatic rings. The van der Waals surface area contributed by atoms with Gasteiger partial charge in [-0.2, -0.15) is 4.99 Å². The van der Waals surface area contributed by atoms with Crippen molar-refractivity contribution in [3.8, 4) is 0 Å². The zero-order chi connectivity index (χ0) is 19.4. The van der Waals surface area contributed by atoms with Gasteiger partial charge < -0.3 is 14.0 Å². The van der Waals surface area contributed by atoms with Crippen LogP contribution >= 0.6 is 22.7 Å². The molecule has 0 saturated carbocycles. The van der Waals surface area contributed by atoms with E-state index >= 15 is 0 Å². The number of hydrogen-bond donors (Lipinski definition) is 0. The third kappa shape index (κ3) is 4.32. The molecule has 27 heavy (non-hydrogen) atoms. The standard InChI is InChI=1S/C18H16N2O5S2/c1-24-16(22)10-20-13-6-5-11(17(23)25-2)8-14(13)27-18(20)19-15(21)9-12-4-3-7-26-12/h3-8H,9-10H2,1-2H3. The number of hydrogen-bond acceptors (Lipinski definition) is 7. The van der Waals surface area contributed by atoms with Gasteiger partial charge in [0.25, 0.3) is 5.91 Å². The number of methoxy groups -OCH3 is 2. The fourth-order valence-electron chi connectivity index (χ4n) is 2.46. The number of thiazole rings is 1. The average Bonchev–Trinajstić information content (AvgIpc) is 3.28. The molecular weight excluding hydrogens is 388 g/mol. The number of ether oxygens (including phenoxy) is 2. The molecule has 9 heteroatoms. The number of carbonyl (C=O) groups is 3. The maximum atomic E-state index is 12.3. The quantitative estimate of drug-likeness (QED) is 0.610. The zero-order valence-corrected chi connectivity index (χ0v) is 16.3. The fourth-order valence-corrected chi connectivity index (χ4v) is 4.24. The predicted molar refractivity (Wildman–Crippen MR) is 102 cm³/mol. The van der Waals surface area contributed by atoms with E-state index in [0.717, 1.165) is 4.88 Å². The van der Waals surface area contributed by atoms with E-state index in [0.29, 0.717) is 20.6 Å². The molecule has 0 saturated heterocycles. The summed E-state index contributed by atoms with van der Waals surface area (Å²) in [5.41, 5.74) is 1.06. The Kier molecular flexibility index (Phi) is 5.82. The molecule has 0 unspecified atom stereocenters. The first-order valence-electron chi connectivity index (χ1n) is 7.90. The van der Waals surface area contributed by atoms with Crippen molar-refractivity contribution in [2.24, 2.45) is 4.99 Å². The first-order valence-corrected chi connectivity index (χ1v) is 9.60. The lowest BCUT2D eigenvalue weighted by molar-refractivity contribution is -0.141. The van der Waals surface area contributed by atoms with Crippen LogP contribution in [0.4, 0.5) is 0 Å². The number of nitrogens with zero attached hydrogens (tertiary/aromatic N) is 2. The van der Waals surface area contributed by atoms with Crippen LogP contribution in [-0.4, -0.2) is 36.6 Å². The zero-order valence-electron chi connectivity index (χ0n) is 14.6. The number of amides is 1. The Hall–Kier alpha value is -2.78. The molecule has 0 spiro atoms. The van der Waals surface area contributed by atoms with E-state index in [4.69, 9.17) is 9.47 Å². The van der Waals surface area contributed by atoms with Crippen LogP contribution in [0.1, 0.15) is 15.2 Å². The molecule has 2 aromatic heterocycles. The second-order valence-electron chi connectivity index (χ2n) is 5.48. The maximum Gasteiger partial charge on any atom is 0.337 e. The van der Waals surface area contributed by atoms with Crippen molar-refractivity contribution in [3.05, 3.63) is 51.0 Å². The fraction of sp³-hybridized carbons (Fsp3) is 0.222. The predicted octanol–water partition coefficient (Wildman–Crippen LogP) is 2.39. The number of benzene rings is 1. The van der Waals surface area contributed by atoms with Crippen LogP contribution in [0, 0.1) is 0 Å². The minimum atomic E-state index is -0.461. The molecule has 140 valence electrons. The molecule has 0 aliphatic rings. The topological polar surface area (TPSA) is 87.0 Å². The number of carbonyl (C=O) groups excluding carboxylic acids is 3. The van der Waals surface area contributed by atoms with Crippen LogP contribution in [0.15, 0.2) is 40.7 Å². The highest BCUT2D eigenvalue weighted by molar-refractivity contribution is 7.16. The molecule has 0 radical (unpaired) electrons. The van der Waals surface area contributed by atoms with E-state index in [-0.39, 0.29) is 18.9 Å². The largest absolute Gasteiger partial charge is 0.468 e. The highest BCUT2D eigenvalue weighted by Gasteiger charge is 2.14. The Balaban J connectivity index is 2.06. The van der Waals surface area contributed by atoms with E-state index < -0.39 is 11.9 Å². The molecule has 0 fully saturated rings. The van der Waals surface area contributed by atoms with Gasteiger partial charge in [-0.25, -0.2) is 4.79 Å². The summed E-state index contributed by atoms with van der Waals surface area (Å²) in [6.07, 6.45) is 0.192. The Bertz CT molecular complexity index is 1060. The molecule has 0 N–H and O–H groups in total. The van der Waals surface area contributed by atoms with E-state index in [1.54, 1.807) is 22.8 Å². The number of aromatic nitrogens is 1. The summed E-state index contributed by atoms with van der Waals surface area (Å²) in [5.74, 6) is -1.23. The Labute approximate surface area is 162 Å². The number of rotatable bonds is 5. The molecular formula is C18H16N2O5S2. The van der Waals surface area contributed by atoms with E-state index in [1.807, 2.05) is 17.5 Å². The number of fused-ring (bicyclic) bond motifs is 1. The Morgan fingerprint density at radius 1 is 1.15 bits per heavy atom. The summed E-state index contributed by atoms with van der Waals surface area (Å²) in [4.78, 5) is 41.4. The Morgan fingerprint density at radius 3 is 2.63 bits per heavy atom. The molecule has 1 amide bonds. The van der Waals surface area contributed by atoms with Gasteiger partial charge in [0, 0.05) is 4.88 Å². The van der Waals surface area contributed by atoms with Crippen LogP contribution in [0.2, 0.25) is 0 Å². The van der Waals surface area contributed by atoms with Gasteiger partial charge in [-0.3, -0.25) is 9.59 Å². The summed E-state index contributed by atoms with van der Waals surface area (Å²) < 4.78 is 11.8. The lowest BCUT2D eigenvalue weighted by atomic mass is 10.2. The third-order valence-electron chi connectivity index (χ3n) is 3.74. The van der Waals surface area contributed by atoms with Crippen molar-refractivity contribution in [2.45, 2.75) is 13.0 Å². The van der Waals surface area contributed by atoms with Gasteiger partial charge in [0.2, 0.25) is 0 Å². The van der Waals surface area contributed by atoms with E-state index in [2.05, 4.69) is 4.99 Å². The van der Waals surface area contributed by atoms with Crippen LogP contribution < -0.4 is 4.80 Å². The summed E-state index contributed by atoms with van der Waals surface area (Å²) in [7, 11) is 2.61. The average molecular weight is 404 g/mol. The molecule has 7 nitrogen and oxygen atoms in total. The maximum absolute atomic E-state index is 12.3. The molecule has 0 aliphatic heterocycles. The van der Waals surface area contributed by atoms with E-state index in [1.165, 1.54) is 36.9 Å². The second-order valence-corrected chi connectivity index (χ2v) is 7.52. The van der Waals surface area contributed by atoms with E-state index in [9.17, 15) is 14.4 Å². The number of thiophene rings is 1. The Morgan fingerprint density at radius 2 is 1.96 bits per heavy atom. The van der Waals surface area contributed by atoms with Crippen LogP contribution in [0.3, 0.4) is 0 Å². The lowest BCUT2D eigenvalue weighted by Crippen LogP contribution is -2.22. The molecule has 0 bridgehead atoms. The van der Waals surface area contributed by atoms with Crippen molar-refractivity contribution in [1.29, 1.82) is 0 Å². The summed E-state index contributed by atoms with van der Waals surface area (Å²) in [6, 6.07) is 8.70. The molecule has 3 rings (SSSR count). The van der Waals surface area contributed by atoms with Gasteiger partial charge in [0.15, 0.2) is 4.80 Å². The summed E-state index contributed by atoms with van der Waals surface area (Å²) in [5, 5.41) is 1.90. The SMILES string of the molecule is COC(=O)Cn1c(=NC(=O)Cc2cccs2)sc2cc(C(=O)OC)ccc21. The highest BCUT2D eigenvalue weighted by Crippen LogP contribution is 2.20. The second kappa shape index (κ2) is 8.28. The summed E-state index contributed by atoms with van der Waals surface area (Å²) >= 11 is 2.71. The van der Waals surface area contributed by atoms with Gasteiger partial charge >= 0.3 is 11.9 Å². The van der Waals surface area contributed by atoms with Gasteiger partial charge in [0.05, 0.1) is 36.4 Å². The van der Waals surface area contributed by atoms with Crippen molar-refractivity contribution in [3.63, 3.8) is 0 Å². The molecule has 0 atom stereocenters. The van der Waals surface area contributed by atoms with Crippen molar-refractivity contribution in [1.82, 2.24) is 4.57 Å². The number of esters is 2. The molecule has 0 aliphatic carbocycles.